The van der Waals surface area contributed by atoms with E-state index in [4.69, 9.17) is 5.11 Å². The number of hydrogen-bond donors (Lipinski definition) is 1. The Bertz CT molecular complexity index is 396. The summed E-state index contributed by atoms with van der Waals surface area (Å²) in [6.07, 6.45) is 0.544. The highest BCUT2D eigenvalue weighted by atomic mass is 19.2. The summed E-state index contributed by atoms with van der Waals surface area (Å²) in [5.41, 5.74) is 0.566. The summed E-state index contributed by atoms with van der Waals surface area (Å²) < 4.78 is 25.8. The van der Waals surface area contributed by atoms with Crippen LogP contribution in [0, 0.1) is 11.6 Å². The van der Waals surface area contributed by atoms with Gasteiger partial charge < -0.3 is 10.0 Å². The second-order valence-corrected chi connectivity index (χ2v) is 3.68. The molecule has 0 unspecified atom stereocenters. The molecule has 0 saturated carbocycles. The number of anilines is 1. The van der Waals surface area contributed by atoms with Gasteiger partial charge in [-0.3, -0.25) is 4.79 Å². The number of carbonyl (C=O) groups is 1. The van der Waals surface area contributed by atoms with Crippen LogP contribution in [-0.4, -0.2) is 24.2 Å². The van der Waals surface area contributed by atoms with Crippen molar-refractivity contribution in [3.63, 3.8) is 0 Å². The summed E-state index contributed by atoms with van der Waals surface area (Å²) in [6.45, 7) is 3.00. The van der Waals surface area contributed by atoms with E-state index in [-0.39, 0.29) is 6.42 Å². The highest BCUT2D eigenvalue weighted by Crippen LogP contribution is 2.18. The Balaban J connectivity index is 2.65. The van der Waals surface area contributed by atoms with Crippen LogP contribution in [-0.2, 0) is 4.79 Å². The van der Waals surface area contributed by atoms with Gasteiger partial charge in [-0.2, -0.15) is 0 Å². The Kier molecular flexibility index (Phi) is 4.87. The van der Waals surface area contributed by atoms with Crippen LogP contribution < -0.4 is 4.90 Å². The lowest BCUT2D eigenvalue weighted by Crippen LogP contribution is -2.24. The zero-order valence-corrected chi connectivity index (χ0v) is 9.62. The van der Waals surface area contributed by atoms with Crippen molar-refractivity contribution in [2.75, 3.05) is 18.0 Å². The molecule has 94 valence electrons. The normalized spacial score (nSPS) is 10.3. The molecule has 0 saturated heterocycles. The molecule has 0 spiro atoms. The molecule has 0 bridgehead atoms. The van der Waals surface area contributed by atoms with Crippen LogP contribution in [0.5, 0.6) is 0 Å². The predicted octanol–water partition coefficient (Wildman–Crippen LogP) is 2.66. The van der Waals surface area contributed by atoms with E-state index in [9.17, 15) is 13.6 Å². The zero-order valence-electron chi connectivity index (χ0n) is 9.62. The van der Waals surface area contributed by atoms with Gasteiger partial charge in [0.15, 0.2) is 11.6 Å². The lowest BCUT2D eigenvalue weighted by atomic mass is 10.2. The Morgan fingerprint density at radius 1 is 1.35 bits per heavy atom. The van der Waals surface area contributed by atoms with Crippen LogP contribution in [0.4, 0.5) is 14.5 Å². The molecule has 5 heteroatoms. The third kappa shape index (κ3) is 4.01. The summed E-state index contributed by atoms with van der Waals surface area (Å²) in [5.74, 6) is -2.62. The number of aliphatic carboxylic acids is 1. The van der Waals surface area contributed by atoms with Gasteiger partial charge in [0.2, 0.25) is 0 Å². The number of nitrogens with zero attached hydrogens (tertiary/aromatic N) is 1. The van der Waals surface area contributed by atoms with E-state index in [1.807, 2.05) is 11.8 Å². The quantitative estimate of drug-likeness (QED) is 0.835. The molecule has 0 aliphatic rings. The first-order valence-corrected chi connectivity index (χ1v) is 5.46. The number of halogens is 2. The lowest BCUT2D eigenvalue weighted by molar-refractivity contribution is -0.137. The van der Waals surface area contributed by atoms with Gasteiger partial charge in [-0.15, -0.1) is 0 Å². The van der Waals surface area contributed by atoms with Crippen LogP contribution >= 0.6 is 0 Å². The number of benzene rings is 1. The molecule has 0 heterocycles. The van der Waals surface area contributed by atoms with Crippen LogP contribution in [0.3, 0.4) is 0 Å². The second-order valence-electron chi connectivity index (χ2n) is 3.68. The fourth-order valence-electron chi connectivity index (χ4n) is 1.57. The van der Waals surface area contributed by atoms with Gasteiger partial charge in [0.1, 0.15) is 0 Å². The molecule has 0 aromatic heterocycles. The molecule has 1 N–H and O–H groups in total. The summed E-state index contributed by atoms with van der Waals surface area (Å²) in [7, 11) is 0. The van der Waals surface area contributed by atoms with Gasteiger partial charge in [-0.25, -0.2) is 8.78 Å². The summed E-state index contributed by atoms with van der Waals surface area (Å²) in [6, 6.07) is 3.69. The van der Waals surface area contributed by atoms with Crippen molar-refractivity contribution in [2.24, 2.45) is 0 Å². The minimum Gasteiger partial charge on any atom is -0.481 e. The van der Waals surface area contributed by atoms with Crippen LogP contribution in [0.15, 0.2) is 18.2 Å². The first-order chi connectivity index (χ1) is 8.04. The Hall–Kier alpha value is -1.65. The number of rotatable bonds is 6. The van der Waals surface area contributed by atoms with Crippen molar-refractivity contribution in [3.8, 4) is 0 Å². The molecule has 0 aliphatic carbocycles. The van der Waals surface area contributed by atoms with E-state index in [0.717, 1.165) is 12.1 Å². The molecular formula is C12H15F2NO2. The zero-order chi connectivity index (χ0) is 12.8. The third-order valence-electron chi connectivity index (χ3n) is 2.47. The van der Waals surface area contributed by atoms with E-state index in [1.54, 1.807) is 0 Å². The maximum Gasteiger partial charge on any atom is 0.303 e. The summed E-state index contributed by atoms with van der Waals surface area (Å²) >= 11 is 0. The van der Waals surface area contributed by atoms with Crippen LogP contribution in [0.1, 0.15) is 19.8 Å². The maximum absolute atomic E-state index is 13.0. The van der Waals surface area contributed by atoms with E-state index in [2.05, 4.69) is 0 Å². The molecule has 0 atom stereocenters. The van der Waals surface area contributed by atoms with Crippen molar-refractivity contribution in [1.29, 1.82) is 0 Å². The fourth-order valence-corrected chi connectivity index (χ4v) is 1.57. The molecular weight excluding hydrogens is 228 g/mol. The van der Waals surface area contributed by atoms with Crippen molar-refractivity contribution in [1.82, 2.24) is 0 Å². The Morgan fingerprint density at radius 3 is 2.59 bits per heavy atom. The second kappa shape index (κ2) is 6.18. The van der Waals surface area contributed by atoms with Gasteiger partial charge in [0, 0.05) is 31.3 Å². The number of carboxylic acids is 1. The molecule has 1 aromatic rings. The largest absolute Gasteiger partial charge is 0.481 e. The summed E-state index contributed by atoms with van der Waals surface area (Å²) in [5, 5.41) is 8.52. The Labute approximate surface area is 98.7 Å². The standard InChI is InChI=1S/C12H15F2NO2/c1-2-15(7-3-4-12(16)17)9-5-6-10(13)11(14)8-9/h5-6,8H,2-4,7H2,1H3,(H,16,17). The predicted molar refractivity (Wildman–Crippen MR) is 61.1 cm³/mol. The van der Waals surface area contributed by atoms with Crippen molar-refractivity contribution in [3.05, 3.63) is 29.8 Å². The first-order valence-electron chi connectivity index (χ1n) is 5.46. The molecule has 0 fully saturated rings. The van der Waals surface area contributed by atoms with Crippen molar-refractivity contribution >= 4 is 11.7 Å². The molecule has 0 amide bonds. The van der Waals surface area contributed by atoms with Gasteiger partial charge in [0.05, 0.1) is 0 Å². The maximum atomic E-state index is 13.0. The van der Waals surface area contributed by atoms with Gasteiger partial charge in [0.25, 0.3) is 0 Å². The van der Waals surface area contributed by atoms with Crippen LogP contribution in [0.2, 0.25) is 0 Å². The SMILES string of the molecule is CCN(CCCC(=O)O)c1ccc(F)c(F)c1. The number of hydrogen-bond acceptors (Lipinski definition) is 2. The minimum atomic E-state index is -0.890. The first kappa shape index (κ1) is 13.4. The van der Waals surface area contributed by atoms with Gasteiger partial charge >= 0.3 is 5.97 Å². The topological polar surface area (TPSA) is 40.5 Å². The highest BCUT2D eigenvalue weighted by Gasteiger charge is 2.08. The van der Waals surface area contributed by atoms with Crippen LogP contribution in [0.25, 0.3) is 0 Å². The van der Waals surface area contributed by atoms with E-state index in [0.29, 0.717) is 25.2 Å². The van der Waals surface area contributed by atoms with E-state index in [1.165, 1.54) is 6.07 Å². The van der Waals surface area contributed by atoms with Crippen molar-refractivity contribution < 1.29 is 18.7 Å². The molecule has 17 heavy (non-hydrogen) atoms. The molecule has 1 rings (SSSR count). The monoisotopic (exact) mass is 243 g/mol. The number of carboxylic acid groups (broad SMARTS) is 1. The molecule has 3 nitrogen and oxygen atoms in total. The average molecular weight is 243 g/mol. The minimum absolute atomic E-state index is 0.0696. The molecule has 0 radical (unpaired) electrons. The summed E-state index contributed by atoms with van der Waals surface area (Å²) in [4.78, 5) is 12.2. The van der Waals surface area contributed by atoms with E-state index >= 15 is 0 Å². The molecule has 1 aromatic carbocycles. The van der Waals surface area contributed by atoms with Crippen molar-refractivity contribution in [2.45, 2.75) is 19.8 Å². The molecule has 0 aliphatic heterocycles. The Morgan fingerprint density at radius 2 is 2.06 bits per heavy atom. The van der Waals surface area contributed by atoms with Gasteiger partial charge in [-0.1, -0.05) is 0 Å². The van der Waals surface area contributed by atoms with E-state index < -0.39 is 17.6 Å². The third-order valence-corrected chi connectivity index (χ3v) is 2.47. The highest BCUT2D eigenvalue weighted by molar-refractivity contribution is 5.66. The average Bonchev–Trinajstić information content (AvgIpc) is 2.28. The van der Waals surface area contributed by atoms with Gasteiger partial charge in [-0.05, 0) is 25.5 Å². The smallest absolute Gasteiger partial charge is 0.303 e. The fraction of sp³-hybridized carbons (Fsp3) is 0.417. The lowest BCUT2D eigenvalue weighted by Gasteiger charge is -2.22.